The third-order valence-corrected chi connectivity index (χ3v) is 10.1. The van der Waals surface area contributed by atoms with E-state index in [-0.39, 0.29) is 23.6 Å². The van der Waals surface area contributed by atoms with E-state index >= 15 is 0 Å². The Labute approximate surface area is 365 Å². The lowest BCUT2D eigenvalue weighted by Crippen LogP contribution is -2.10. The molecule has 314 valence electrons. The number of nitrogens with zero attached hydrogens (tertiary/aromatic N) is 6. The number of rotatable bonds is 8. The zero-order valence-corrected chi connectivity index (χ0v) is 34.9. The van der Waals surface area contributed by atoms with Crippen molar-refractivity contribution in [3.63, 3.8) is 0 Å². The third kappa shape index (κ3) is 8.13. The first-order chi connectivity index (χ1) is 31.0. The minimum Gasteiger partial charge on any atom is -0.355 e. The number of carbonyl (C=O) groups is 4. The van der Waals surface area contributed by atoms with Crippen molar-refractivity contribution in [3.05, 3.63) is 132 Å². The summed E-state index contributed by atoms with van der Waals surface area (Å²) in [4.78, 5) is 88.3. The van der Waals surface area contributed by atoms with Crippen LogP contribution in [0, 0.1) is 0 Å². The summed E-state index contributed by atoms with van der Waals surface area (Å²) in [5.41, 5.74) is 9.22. The predicted octanol–water partition coefficient (Wildman–Crippen LogP) is 8.49. The van der Waals surface area contributed by atoms with Crippen molar-refractivity contribution in [1.82, 2.24) is 39.9 Å². The number of hydrogen-bond acceptors (Lipinski definition) is 10. The molecule has 6 N–H and O–H groups in total. The van der Waals surface area contributed by atoms with Gasteiger partial charge in [0.05, 0.1) is 84.9 Å². The summed E-state index contributed by atoms with van der Waals surface area (Å²) in [6.07, 6.45) is 12.1. The Morgan fingerprint density at radius 1 is 0.453 bits per heavy atom. The quantitative estimate of drug-likeness (QED) is 0.0855. The molecular formula is C48H38N12O4. The van der Waals surface area contributed by atoms with E-state index in [1.165, 1.54) is 27.7 Å². The Kier molecular flexibility index (Phi) is 10.7. The van der Waals surface area contributed by atoms with Crippen LogP contribution in [0.4, 0.5) is 22.7 Å². The molecule has 9 heterocycles. The van der Waals surface area contributed by atoms with E-state index in [9.17, 15) is 19.2 Å². The van der Waals surface area contributed by atoms with Gasteiger partial charge in [-0.05, 0) is 97.1 Å². The fourth-order valence-electron chi connectivity index (χ4n) is 7.74. The maximum absolute atomic E-state index is 13.0. The molecule has 0 saturated heterocycles. The number of aromatic nitrogens is 8. The number of amides is 4. The predicted molar refractivity (Wildman–Crippen MR) is 248 cm³/mol. The van der Waals surface area contributed by atoms with E-state index in [1.807, 2.05) is 48.6 Å². The first kappa shape index (κ1) is 40.5. The number of carbonyl (C=O) groups excluding carboxylic acids is 4. The number of aromatic amines is 2. The largest absolute Gasteiger partial charge is 0.355 e. The van der Waals surface area contributed by atoms with E-state index in [0.717, 1.165) is 11.0 Å². The molecule has 7 aromatic heterocycles. The summed E-state index contributed by atoms with van der Waals surface area (Å²) in [6, 6.07) is 23.3. The first-order valence-corrected chi connectivity index (χ1v) is 20.1. The second-order valence-corrected chi connectivity index (χ2v) is 14.9. The molecule has 0 aromatic carbocycles. The standard InChI is InChI=1S/C48H38N12O4/c1-25(61)53-35-9-5-17-49-43(35)34-23-33-22-31-14-13-29(57-31)21-30-15-16-32(58-30)24-39-40(45-36(54-26(2)62)10-6-18-50-45)41(46-37(55-27(3)63)11-7-19-51-46)48(60-39)42(44(34)59-33)47-38(56-28(4)64)12-8-20-52-47/h5-24,57,60H,1-4H3,(H,53,61)(H,54,62)(H,55,63)(H,56,64). The molecule has 0 atom stereocenters. The molecule has 64 heavy (non-hydrogen) atoms. The fourth-order valence-corrected chi connectivity index (χ4v) is 7.74. The van der Waals surface area contributed by atoms with Crippen molar-refractivity contribution in [1.29, 1.82) is 0 Å². The van der Waals surface area contributed by atoms with E-state index in [2.05, 4.69) is 31.2 Å². The van der Waals surface area contributed by atoms with Gasteiger partial charge >= 0.3 is 0 Å². The first-order valence-electron chi connectivity index (χ1n) is 20.1. The highest BCUT2D eigenvalue weighted by Gasteiger charge is 2.30. The smallest absolute Gasteiger partial charge is 0.221 e. The van der Waals surface area contributed by atoms with Gasteiger partial charge in [0.1, 0.15) is 0 Å². The molecule has 16 heteroatoms. The summed E-state index contributed by atoms with van der Waals surface area (Å²) < 4.78 is 0. The lowest BCUT2D eigenvalue weighted by atomic mass is 9.94. The Morgan fingerprint density at radius 3 is 1.41 bits per heavy atom. The number of hydrogen-bond donors (Lipinski definition) is 6. The fraction of sp³-hybridized carbons (Fsp3) is 0.0833. The molecule has 0 fully saturated rings. The molecule has 16 nitrogen and oxygen atoms in total. The van der Waals surface area contributed by atoms with Gasteiger partial charge in [0, 0.05) is 80.2 Å². The van der Waals surface area contributed by atoms with Crippen LogP contribution in [-0.4, -0.2) is 63.5 Å². The molecule has 0 spiro atoms. The maximum Gasteiger partial charge on any atom is 0.221 e. The van der Waals surface area contributed by atoms with Crippen molar-refractivity contribution in [2.24, 2.45) is 0 Å². The van der Waals surface area contributed by atoms with Crippen molar-refractivity contribution in [3.8, 4) is 33.8 Å². The average Bonchev–Trinajstić information content (AvgIpc) is 4.06. The van der Waals surface area contributed by atoms with Crippen LogP contribution in [0.2, 0.25) is 0 Å². The molecule has 2 aliphatic heterocycles. The Balaban J connectivity index is 1.58. The molecule has 0 aliphatic carbocycles. The lowest BCUT2D eigenvalue weighted by molar-refractivity contribution is -0.115. The molecule has 9 rings (SSSR count). The van der Waals surface area contributed by atoms with Crippen LogP contribution in [0.5, 0.6) is 0 Å². The van der Waals surface area contributed by atoms with Crippen molar-refractivity contribution in [2.75, 3.05) is 21.3 Å². The Morgan fingerprint density at radius 2 is 0.891 bits per heavy atom. The molecule has 0 saturated carbocycles. The van der Waals surface area contributed by atoms with Gasteiger partial charge in [0.2, 0.25) is 23.6 Å². The maximum atomic E-state index is 13.0. The van der Waals surface area contributed by atoms with Gasteiger partial charge in [0.15, 0.2) is 0 Å². The third-order valence-electron chi connectivity index (χ3n) is 10.1. The van der Waals surface area contributed by atoms with Gasteiger partial charge in [-0.3, -0.25) is 39.1 Å². The van der Waals surface area contributed by atoms with Crippen molar-refractivity contribution in [2.45, 2.75) is 27.7 Å². The van der Waals surface area contributed by atoms with Gasteiger partial charge in [-0.25, -0.2) is 9.97 Å². The van der Waals surface area contributed by atoms with Gasteiger partial charge in [-0.1, -0.05) is 0 Å². The van der Waals surface area contributed by atoms with E-state index in [4.69, 9.17) is 29.9 Å². The second-order valence-electron chi connectivity index (χ2n) is 14.9. The number of anilines is 4. The molecule has 0 radical (unpaired) electrons. The summed E-state index contributed by atoms with van der Waals surface area (Å²) in [5, 5.41) is 11.8. The van der Waals surface area contributed by atoms with Crippen LogP contribution < -0.4 is 21.3 Å². The Hall–Kier alpha value is -8.92. The van der Waals surface area contributed by atoms with Gasteiger partial charge in [-0.2, -0.15) is 0 Å². The summed E-state index contributed by atoms with van der Waals surface area (Å²) in [7, 11) is 0. The number of nitrogens with one attached hydrogen (secondary N) is 6. The zero-order chi connectivity index (χ0) is 44.5. The summed E-state index contributed by atoms with van der Waals surface area (Å²) in [6.45, 7) is 5.63. The van der Waals surface area contributed by atoms with Crippen LogP contribution in [0.15, 0.2) is 104 Å². The monoisotopic (exact) mass is 846 g/mol. The average molecular weight is 847 g/mol. The molecule has 2 aliphatic rings. The highest BCUT2D eigenvalue weighted by molar-refractivity contribution is 6.15. The number of pyridine rings is 4. The van der Waals surface area contributed by atoms with Crippen LogP contribution in [0.25, 0.3) is 79.6 Å². The van der Waals surface area contributed by atoms with Gasteiger partial charge < -0.3 is 31.2 Å². The SMILES string of the molecule is CC(=O)Nc1cccnc1C1=Cc2cc3ccc(cc4nc(cc5[nH]c(c(-c6ncccc6NC(C)=O)c1n2)c(-c1ncccc1NC(C)=O)c5-c1ncccc1NC(C)=O)C=C4)[nH]3. The van der Waals surface area contributed by atoms with E-state index < -0.39 is 0 Å². The van der Waals surface area contributed by atoms with Crippen LogP contribution in [0.3, 0.4) is 0 Å². The van der Waals surface area contributed by atoms with Crippen LogP contribution in [0.1, 0.15) is 56.2 Å². The topological polar surface area (TPSA) is 225 Å². The normalized spacial score (nSPS) is 11.7. The molecule has 8 bridgehead atoms. The molecule has 4 amide bonds. The van der Waals surface area contributed by atoms with Gasteiger partial charge in [-0.15, -0.1) is 0 Å². The summed E-state index contributed by atoms with van der Waals surface area (Å²) >= 11 is 0. The molecular weight excluding hydrogens is 809 g/mol. The van der Waals surface area contributed by atoms with Gasteiger partial charge in [0.25, 0.3) is 0 Å². The Bertz CT molecular complexity index is 3330. The minimum absolute atomic E-state index is 0.299. The summed E-state index contributed by atoms with van der Waals surface area (Å²) in [5.74, 6) is -1.33. The van der Waals surface area contributed by atoms with E-state index in [1.54, 1.807) is 73.3 Å². The highest BCUT2D eigenvalue weighted by Crippen LogP contribution is 2.48. The number of H-pyrrole nitrogens is 2. The van der Waals surface area contributed by atoms with Crippen LogP contribution >= 0.6 is 0 Å². The molecule has 7 aromatic rings. The van der Waals surface area contributed by atoms with Crippen LogP contribution in [-0.2, 0) is 19.2 Å². The minimum atomic E-state index is -0.351. The van der Waals surface area contributed by atoms with Crippen molar-refractivity contribution >= 4 is 92.2 Å². The zero-order valence-electron chi connectivity index (χ0n) is 34.9. The number of fused-ring (bicyclic) bond motifs is 8. The molecule has 0 unspecified atom stereocenters. The second kappa shape index (κ2) is 16.9. The van der Waals surface area contributed by atoms with Crippen molar-refractivity contribution < 1.29 is 19.2 Å². The highest BCUT2D eigenvalue weighted by atomic mass is 16.2. The van der Waals surface area contributed by atoms with E-state index in [0.29, 0.717) is 102 Å². The lowest BCUT2D eigenvalue weighted by Gasteiger charge is -2.16.